The van der Waals surface area contributed by atoms with Crippen LogP contribution in [0, 0.1) is 0 Å². The lowest BCUT2D eigenvalue weighted by Crippen LogP contribution is -2.08. The smallest absolute Gasteiger partial charge is 0.160 e. The Labute approximate surface area is 132 Å². The summed E-state index contributed by atoms with van der Waals surface area (Å²) < 4.78 is 11.4. The number of pyridine rings is 1. The summed E-state index contributed by atoms with van der Waals surface area (Å²) in [5.74, 6) is 2.16. The number of methoxy groups -OCH3 is 2. The monoisotopic (exact) mass is 351 g/mol. The highest BCUT2D eigenvalue weighted by atomic mass is 79.9. The minimum absolute atomic E-state index is 0.622. The second-order valence-electron chi connectivity index (χ2n) is 4.46. The number of rotatable bonds is 6. The molecule has 112 valence electrons. The van der Waals surface area contributed by atoms with Crippen LogP contribution in [0.4, 0.5) is 11.5 Å². The first kappa shape index (κ1) is 15.4. The topological polar surface area (TPSA) is 69.4 Å². The fourth-order valence-corrected chi connectivity index (χ4v) is 2.31. The molecule has 0 radical (unpaired) electrons. The molecule has 1 heterocycles. The van der Waals surface area contributed by atoms with Gasteiger partial charge in [-0.2, -0.15) is 0 Å². The van der Waals surface area contributed by atoms with Crippen molar-refractivity contribution in [1.82, 2.24) is 4.98 Å². The number of nitrogen functional groups attached to an aromatic ring is 1. The van der Waals surface area contributed by atoms with Gasteiger partial charge in [-0.05, 0) is 46.1 Å². The largest absolute Gasteiger partial charge is 0.493 e. The van der Waals surface area contributed by atoms with Gasteiger partial charge >= 0.3 is 0 Å². The quantitative estimate of drug-likeness (QED) is 0.836. The van der Waals surface area contributed by atoms with E-state index in [0.717, 1.165) is 34.5 Å². The van der Waals surface area contributed by atoms with Crippen molar-refractivity contribution in [3.05, 3.63) is 40.5 Å². The van der Waals surface area contributed by atoms with Crippen LogP contribution in [0.25, 0.3) is 0 Å². The number of benzene rings is 1. The Kier molecular flexibility index (Phi) is 5.27. The van der Waals surface area contributed by atoms with E-state index in [4.69, 9.17) is 15.2 Å². The van der Waals surface area contributed by atoms with Gasteiger partial charge in [0.1, 0.15) is 5.82 Å². The number of nitrogens with two attached hydrogens (primary N) is 1. The summed E-state index contributed by atoms with van der Waals surface area (Å²) in [6.45, 7) is 0.730. The highest BCUT2D eigenvalue weighted by molar-refractivity contribution is 9.10. The Bertz CT molecular complexity index is 620. The van der Waals surface area contributed by atoms with E-state index < -0.39 is 0 Å². The molecule has 21 heavy (non-hydrogen) atoms. The number of nitrogens with zero attached hydrogens (tertiary/aromatic N) is 1. The molecule has 0 aliphatic carbocycles. The predicted molar refractivity (Wildman–Crippen MR) is 88.1 cm³/mol. The lowest BCUT2D eigenvalue weighted by molar-refractivity contribution is 0.354. The van der Waals surface area contributed by atoms with Crippen molar-refractivity contribution in [2.75, 3.05) is 31.8 Å². The van der Waals surface area contributed by atoms with Gasteiger partial charge < -0.3 is 20.5 Å². The molecule has 2 rings (SSSR count). The molecule has 0 amide bonds. The van der Waals surface area contributed by atoms with Gasteiger partial charge in [0, 0.05) is 17.2 Å². The number of aromatic nitrogens is 1. The third kappa shape index (κ3) is 4.01. The lowest BCUT2D eigenvalue weighted by atomic mass is 10.1. The minimum atomic E-state index is 0.622. The van der Waals surface area contributed by atoms with Crippen molar-refractivity contribution in [3.8, 4) is 11.5 Å². The van der Waals surface area contributed by atoms with E-state index in [1.54, 1.807) is 20.4 Å². The molecule has 0 saturated heterocycles. The molecule has 0 aliphatic heterocycles. The summed E-state index contributed by atoms with van der Waals surface area (Å²) in [5.41, 5.74) is 7.66. The molecule has 0 fully saturated rings. The molecule has 3 N–H and O–H groups in total. The first-order valence-corrected chi connectivity index (χ1v) is 7.29. The Hall–Kier alpha value is -1.95. The average Bonchev–Trinajstić information content (AvgIpc) is 2.49. The Morgan fingerprint density at radius 2 is 1.95 bits per heavy atom. The van der Waals surface area contributed by atoms with Gasteiger partial charge in [-0.3, -0.25) is 0 Å². The first-order chi connectivity index (χ1) is 10.1. The van der Waals surface area contributed by atoms with E-state index in [1.165, 1.54) is 0 Å². The predicted octanol–water partition coefficient (Wildman–Crippen LogP) is 3.10. The van der Waals surface area contributed by atoms with Crippen LogP contribution in [-0.2, 0) is 6.42 Å². The van der Waals surface area contributed by atoms with Gasteiger partial charge in [0.2, 0.25) is 0 Å². The van der Waals surface area contributed by atoms with E-state index in [-0.39, 0.29) is 0 Å². The van der Waals surface area contributed by atoms with Crippen molar-refractivity contribution in [2.45, 2.75) is 6.42 Å². The zero-order valence-electron chi connectivity index (χ0n) is 12.0. The molecule has 1 aromatic carbocycles. The third-order valence-corrected chi connectivity index (χ3v) is 3.47. The van der Waals surface area contributed by atoms with Crippen LogP contribution in [0.5, 0.6) is 11.5 Å². The second kappa shape index (κ2) is 7.17. The molecule has 5 nitrogen and oxygen atoms in total. The van der Waals surface area contributed by atoms with Crippen LogP contribution in [0.2, 0.25) is 0 Å². The minimum Gasteiger partial charge on any atom is -0.493 e. The number of nitrogens with one attached hydrogen (secondary N) is 1. The molecule has 0 spiro atoms. The van der Waals surface area contributed by atoms with Crippen LogP contribution in [0.3, 0.4) is 0 Å². The Morgan fingerprint density at radius 1 is 1.19 bits per heavy atom. The molecule has 0 unspecified atom stereocenters. The lowest BCUT2D eigenvalue weighted by Gasteiger charge is -2.11. The third-order valence-electron chi connectivity index (χ3n) is 3.04. The fourth-order valence-electron chi connectivity index (χ4n) is 1.96. The van der Waals surface area contributed by atoms with E-state index in [2.05, 4.69) is 26.2 Å². The summed E-state index contributed by atoms with van der Waals surface area (Å²) in [7, 11) is 3.26. The molecular weight excluding hydrogens is 334 g/mol. The van der Waals surface area contributed by atoms with Crippen molar-refractivity contribution >= 4 is 27.4 Å². The average molecular weight is 352 g/mol. The van der Waals surface area contributed by atoms with Crippen LogP contribution in [0.1, 0.15) is 5.56 Å². The van der Waals surface area contributed by atoms with Crippen molar-refractivity contribution in [3.63, 3.8) is 0 Å². The SMILES string of the molecule is COc1ccc(CCNc2ncc(Br)cc2N)cc1OC. The van der Waals surface area contributed by atoms with Crippen LogP contribution < -0.4 is 20.5 Å². The van der Waals surface area contributed by atoms with Gasteiger partial charge in [-0.1, -0.05) is 6.07 Å². The molecule has 0 aliphatic rings. The maximum atomic E-state index is 5.89. The zero-order chi connectivity index (χ0) is 15.2. The van der Waals surface area contributed by atoms with Crippen LogP contribution in [-0.4, -0.2) is 25.7 Å². The van der Waals surface area contributed by atoms with E-state index in [0.29, 0.717) is 11.5 Å². The van der Waals surface area contributed by atoms with Gasteiger partial charge in [0.05, 0.1) is 19.9 Å². The van der Waals surface area contributed by atoms with E-state index in [1.807, 2.05) is 24.3 Å². The molecule has 0 bridgehead atoms. The standard InChI is InChI=1S/C15H18BrN3O2/c1-20-13-4-3-10(7-14(13)21-2)5-6-18-15-12(17)8-11(16)9-19-15/h3-4,7-9H,5-6,17H2,1-2H3,(H,18,19). The van der Waals surface area contributed by atoms with Crippen molar-refractivity contribution in [1.29, 1.82) is 0 Å². The number of halogens is 1. The molecule has 1 aromatic heterocycles. The summed E-state index contributed by atoms with van der Waals surface area (Å²) in [6, 6.07) is 7.71. The maximum absolute atomic E-state index is 5.89. The fraction of sp³-hybridized carbons (Fsp3) is 0.267. The van der Waals surface area contributed by atoms with E-state index in [9.17, 15) is 0 Å². The van der Waals surface area contributed by atoms with Crippen molar-refractivity contribution in [2.24, 2.45) is 0 Å². The van der Waals surface area contributed by atoms with Gasteiger partial charge in [0.15, 0.2) is 11.5 Å². The second-order valence-corrected chi connectivity index (χ2v) is 5.37. The first-order valence-electron chi connectivity index (χ1n) is 6.50. The Morgan fingerprint density at radius 3 is 2.62 bits per heavy atom. The molecule has 2 aromatic rings. The molecule has 0 atom stereocenters. The zero-order valence-corrected chi connectivity index (χ0v) is 13.6. The number of anilines is 2. The summed E-state index contributed by atoms with van der Waals surface area (Å²) in [4.78, 5) is 4.24. The number of ether oxygens (including phenoxy) is 2. The van der Waals surface area contributed by atoms with Crippen LogP contribution >= 0.6 is 15.9 Å². The van der Waals surface area contributed by atoms with Gasteiger partial charge in [0.25, 0.3) is 0 Å². The summed E-state index contributed by atoms with van der Waals surface area (Å²) >= 11 is 3.33. The van der Waals surface area contributed by atoms with Gasteiger partial charge in [-0.25, -0.2) is 4.98 Å². The van der Waals surface area contributed by atoms with Crippen molar-refractivity contribution < 1.29 is 9.47 Å². The summed E-state index contributed by atoms with van der Waals surface area (Å²) in [6.07, 6.45) is 2.55. The van der Waals surface area contributed by atoms with Gasteiger partial charge in [-0.15, -0.1) is 0 Å². The Balaban J connectivity index is 1.97. The van der Waals surface area contributed by atoms with E-state index >= 15 is 0 Å². The molecule has 0 saturated carbocycles. The molecular formula is C15H18BrN3O2. The maximum Gasteiger partial charge on any atom is 0.160 e. The molecule has 6 heteroatoms. The summed E-state index contributed by atoms with van der Waals surface area (Å²) in [5, 5.41) is 3.23. The van der Waals surface area contributed by atoms with Crippen LogP contribution in [0.15, 0.2) is 34.9 Å². The number of hydrogen-bond acceptors (Lipinski definition) is 5. The highest BCUT2D eigenvalue weighted by Crippen LogP contribution is 2.27. The highest BCUT2D eigenvalue weighted by Gasteiger charge is 2.05. The number of hydrogen-bond donors (Lipinski definition) is 2. The normalized spacial score (nSPS) is 10.2.